The summed E-state index contributed by atoms with van der Waals surface area (Å²) < 4.78 is 6.80. The number of nitrogens with zero attached hydrogens (tertiary/aromatic N) is 3. The van der Waals surface area contributed by atoms with E-state index in [0.717, 1.165) is 17.8 Å². The maximum Gasteiger partial charge on any atom is 0.348 e. The molecule has 2 aromatic heterocycles. The highest BCUT2D eigenvalue weighted by Crippen LogP contribution is 2.35. The second-order valence-corrected chi connectivity index (χ2v) is 8.61. The molecule has 0 fully saturated rings. The molecular formula is C21H22N4O3S2. The number of thioether (sulfide) groups is 1. The van der Waals surface area contributed by atoms with Gasteiger partial charge < -0.3 is 10.5 Å². The predicted molar refractivity (Wildman–Crippen MR) is 120 cm³/mol. The molecule has 0 aliphatic rings. The van der Waals surface area contributed by atoms with Crippen LogP contribution in [0.4, 0.5) is 5.00 Å². The maximum atomic E-state index is 13.1. The first-order valence-electron chi connectivity index (χ1n) is 9.55. The summed E-state index contributed by atoms with van der Waals surface area (Å²) in [6.45, 7) is 5.92. The van der Waals surface area contributed by atoms with E-state index >= 15 is 0 Å². The minimum Gasteiger partial charge on any atom is -0.462 e. The number of esters is 1. The molecule has 0 radical (unpaired) electrons. The maximum absolute atomic E-state index is 13.1. The van der Waals surface area contributed by atoms with Crippen LogP contribution in [-0.2, 0) is 10.5 Å². The topological polar surface area (TPSA) is 111 Å². The third kappa shape index (κ3) is 4.06. The number of nitrogens with two attached hydrogens (primary N) is 1. The van der Waals surface area contributed by atoms with Crippen molar-refractivity contribution in [2.45, 2.75) is 44.1 Å². The van der Waals surface area contributed by atoms with E-state index in [4.69, 9.17) is 15.5 Å². The largest absolute Gasteiger partial charge is 0.462 e. The number of carbonyl (C=O) groups is 1. The zero-order chi connectivity index (χ0) is 21.8. The fourth-order valence-corrected chi connectivity index (χ4v) is 5.19. The van der Waals surface area contributed by atoms with Gasteiger partial charge in [0, 0.05) is 17.4 Å². The summed E-state index contributed by atoms with van der Waals surface area (Å²) in [5.41, 5.74) is 7.26. The normalized spacial score (nSPS) is 11.9. The average Bonchev–Trinajstić information content (AvgIpc) is 3.07. The smallest absolute Gasteiger partial charge is 0.348 e. The van der Waals surface area contributed by atoms with Gasteiger partial charge >= 0.3 is 5.97 Å². The van der Waals surface area contributed by atoms with Crippen molar-refractivity contribution < 1.29 is 9.53 Å². The lowest BCUT2D eigenvalue weighted by molar-refractivity contribution is 0.0531. The molecule has 3 rings (SSSR count). The summed E-state index contributed by atoms with van der Waals surface area (Å²) in [6.07, 6.45) is 0.760. The molecule has 2 N–H and O–H groups in total. The molecule has 0 bridgehead atoms. The molecule has 0 aliphatic heterocycles. The van der Waals surface area contributed by atoms with Gasteiger partial charge in [0.15, 0.2) is 5.16 Å². The molecule has 0 spiro atoms. The Balaban J connectivity index is 2.07. The number of anilines is 1. The van der Waals surface area contributed by atoms with Gasteiger partial charge in [-0.05, 0) is 32.4 Å². The fourth-order valence-electron chi connectivity index (χ4n) is 3.04. The molecule has 3 aromatic rings. The molecule has 2 heterocycles. The average molecular weight is 443 g/mol. The Morgan fingerprint density at radius 3 is 2.80 bits per heavy atom. The number of thiophene rings is 1. The Labute approximate surface area is 182 Å². The first kappa shape index (κ1) is 21.9. The van der Waals surface area contributed by atoms with Crippen LogP contribution in [0.1, 0.15) is 54.0 Å². The van der Waals surface area contributed by atoms with Crippen LogP contribution in [0.15, 0.2) is 34.2 Å². The van der Waals surface area contributed by atoms with Crippen LogP contribution in [0.5, 0.6) is 0 Å². The third-order valence-electron chi connectivity index (χ3n) is 4.76. The molecule has 0 saturated heterocycles. The van der Waals surface area contributed by atoms with E-state index in [0.29, 0.717) is 26.5 Å². The zero-order valence-corrected chi connectivity index (χ0v) is 18.6. The van der Waals surface area contributed by atoms with Crippen molar-refractivity contribution in [3.05, 3.63) is 50.6 Å². The lowest BCUT2D eigenvalue weighted by atomic mass is 10.2. The van der Waals surface area contributed by atoms with Crippen molar-refractivity contribution in [1.82, 2.24) is 9.55 Å². The minimum absolute atomic E-state index is 0.0513. The number of fused-ring (bicyclic) bond motifs is 1. The van der Waals surface area contributed by atoms with Gasteiger partial charge in [0.1, 0.15) is 15.9 Å². The molecule has 1 aromatic carbocycles. The minimum atomic E-state index is -0.503. The van der Waals surface area contributed by atoms with Gasteiger partial charge in [0.25, 0.3) is 5.56 Å². The SMILES string of the molecule is CCOC(=O)c1sc(N)c(C#N)c1CSc1nc2ccccc2c(=O)n1C(C)CC. The van der Waals surface area contributed by atoms with Crippen LogP contribution in [0.3, 0.4) is 0 Å². The number of carbonyl (C=O) groups excluding carboxylic acids is 1. The second-order valence-electron chi connectivity index (χ2n) is 6.61. The van der Waals surface area contributed by atoms with Crippen LogP contribution in [-0.4, -0.2) is 22.1 Å². The quantitative estimate of drug-likeness (QED) is 0.329. The Morgan fingerprint density at radius 2 is 2.13 bits per heavy atom. The van der Waals surface area contributed by atoms with Crippen LogP contribution < -0.4 is 11.3 Å². The van der Waals surface area contributed by atoms with Gasteiger partial charge in [-0.1, -0.05) is 30.8 Å². The summed E-state index contributed by atoms with van der Waals surface area (Å²) >= 11 is 2.36. The molecule has 9 heteroatoms. The standard InChI is InChI=1S/C21H22N4O3S2/c1-4-12(3)25-19(26)13-8-6-7-9-16(13)24-21(25)29-11-15-14(10-22)18(23)30-17(15)20(27)28-5-2/h6-9,12H,4-5,11,23H2,1-3H3. The monoisotopic (exact) mass is 442 g/mol. The van der Waals surface area contributed by atoms with E-state index in [1.807, 2.05) is 26.0 Å². The fraction of sp³-hybridized carbons (Fsp3) is 0.333. The van der Waals surface area contributed by atoms with Gasteiger partial charge in [-0.2, -0.15) is 5.26 Å². The summed E-state index contributed by atoms with van der Waals surface area (Å²) in [4.78, 5) is 30.5. The van der Waals surface area contributed by atoms with Crippen molar-refractivity contribution in [1.29, 1.82) is 5.26 Å². The Morgan fingerprint density at radius 1 is 1.40 bits per heavy atom. The van der Waals surface area contributed by atoms with Crippen molar-refractivity contribution in [3.8, 4) is 6.07 Å². The van der Waals surface area contributed by atoms with Crippen LogP contribution in [0, 0.1) is 11.3 Å². The number of hydrogen-bond acceptors (Lipinski definition) is 8. The highest BCUT2D eigenvalue weighted by atomic mass is 32.2. The highest BCUT2D eigenvalue weighted by Gasteiger charge is 2.24. The number of ether oxygens (including phenoxy) is 1. The van der Waals surface area contributed by atoms with Crippen LogP contribution in [0.2, 0.25) is 0 Å². The Bertz CT molecular complexity index is 1190. The van der Waals surface area contributed by atoms with Crippen LogP contribution >= 0.6 is 23.1 Å². The predicted octanol–water partition coefficient (Wildman–Crippen LogP) is 4.35. The number of nitrogen functional groups attached to an aromatic ring is 1. The molecule has 30 heavy (non-hydrogen) atoms. The number of hydrogen-bond donors (Lipinski definition) is 1. The van der Waals surface area contributed by atoms with E-state index < -0.39 is 5.97 Å². The van der Waals surface area contributed by atoms with E-state index in [9.17, 15) is 14.9 Å². The molecule has 156 valence electrons. The van der Waals surface area contributed by atoms with Crippen molar-refractivity contribution >= 4 is 45.0 Å². The number of aromatic nitrogens is 2. The molecule has 0 aliphatic carbocycles. The summed E-state index contributed by atoms with van der Waals surface area (Å²) in [6, 6.07) is 9.25. The summed E-state index contributed by atoms with van der Waals surface area (Å²) in [5.74, 6) is -0.233. The van der Waals surface area contributed by atoms with Gasteiger partial charge in [-0.25, -0.2) is 9.78 Å². The summed E-state index contributed by atoms with van der Waals surface area (Å²) in [5, 5.41) is 10.9. The van der Waals surface area contributed by atoms with E-state index in [1.54, 1.807) is 23.6 Å². The number of rotatable bonds is 7. The van der Waals surface area contributed by atoms with E-state index in [1.165, 1.54) is 11.8 Å². The molecule has 0 saturated carbocycles. The van der Waals surface area contributed by atoms with Gasteiger partial charge in [0.05, 0.1) is 23.1 Å². The van der Waals surface area contributed by atoms with Gasteiger partial charge in [-0.15, -0.1) is 11.3 Å². The highest BCUT2D eigenvalue weighted by molar-refractivity contribution is 7.98. The summed E-state index contributed by atoms with van der Waals surface area (Å²) in [7, 11) is 0. The third-order valence-corrected chi connectivity index (χ3v) is 6.78. The van der Waals surface area contributed by atoms with E-state index in [-0.39, 0.29) is 34.5 Å². The van der Waals surface area contributed by atoms with Crippen molar-refractivity contribution in [2.24, 2.45) is 0 Å². The lowest BCUT2D eigenvalue weighted by Crippen LogP contribution is -2.26. The number of benzene rings is 1. The molecule has 0 amide bonds. The molecule has 1 unspecified atom stereocenters. The lowest BCUT2D eigenvalue weighted by Gasteiger charge is -2.18. The van der Waals surface area contributed by atoms with Crippen molar-refractivity contribution in [2.75, 3.05) is 12.3 Å². The zero-order valence-electron chi connectivity index (χ0n) is 17.0. The Hall–Kier alpha value is -2.83. The second kappa shape index (κ2) is 9.32. The van der Waals surface area contributed by atoms with Gasteiger partial charge in [-0.3, -0.25) is 9.36 Å². The first-order valence-corrected chi connectivity index (χ1v) is 11.3. The molecular weight excluding hydrogens is 420 g/mol. The van der Waals surface area contributed by atoms with Gasteiger partial charge in [0.2, 0.25) is 0 Å². The number of para-hydroxylation sites is 1. The van der Waals surface area contributed by atoms with E-state index in [2.05, 4.69) is 6.07 Å². The van der Waals surface area contributed by atoms with Crippen molar-refractivity contribution in [3.63, 3.8) is 0 Å². The molecule has 7 nitrogen and oxygen atoms in total. The number of nitriles is 1. The first-order chi connectivity index (χ1) is 14.4. The van der Waals surface area contributed by atoms with Crippen LogP contribution in [0.25, 0.3) is 10.9 Å². The molecule has 1 atom stereocenters. The Kier molecular flexibility index (Phi) is 6.80.